The number of carbonyl (C=O) groups is 2. The summed E-state index contributed by atoms with van der Waals surface area (Å²) in [6.07, 6.45) is 1.41. The molecule has 0 aliphatic carbocycles. The molecule has 0 aliphatic rings. The number of ether oxygens (including phenoxy) is 3. The van der Waals surface area contributed by atoms with Crippen molar-refractivity contribution >= 4 is 41.2 Å². The molecule has 182 valence electrons. The Bertz CT molecular complexity index is 1230. The summed E-state index contributed by atoms with van der Waals surface area (Å²) in [7, 11) is 2.97. The van der Waals surface area contributed by atoms with Crippen LogP contribution >= 0.6 is 23.2 Å². The van der Waals surface area contributed by atoms with E-state index in [0.717, 1.165) is 5.56 Å². The predicted octanol–water partition coefficient (Wildman–Crippen LogP) is 4.47. The molecule has 3 aromatic rings. The smallest absolute Gasteiger partial charge is 0.259 e. The van der Waals surface area contributed by atoms with E-state index in [9.17, 15) is 9.59 Å². The Labute approximate surface area is 212 Å². The highest BCUT2D eigenvalue weighted by atomic mass is 35.5. The molecule has 0 fully saturated rings. The topological polar surface area (TPSA) is 98.2 Å². The minimum Gasteiger partial charge on any atom is -0.493 e. The first-order valence-corrected chi connectivity index (χ1v) is 11.1. The largest absolute Gasteiger partial charge is 0.493 e. The molecule has 8 nitrogen and oxygen atoms in total. The Morgan fingerprint density at radius 3 is 2.40 bits per heavy atom. The summed E-state index contributed by atoms with van der Waals surface area (Å²) in [6.45, 7) is 0.00968. The minimum atomic E-state index is -0.515. The molecular weight excluding hydrogens is 493 g/mol. The van der Waals surface area contributed by atoms with Gasteiger partial charge in [-0.15, -0.1) is 0 Å². The van der Waals surface area contributed by atoms with Crippen LogP contribution in [0.25, 0.3) is 0 Å². The van der Waals surface area contributed by atoms with Gasteiger partial charge in [-0.1, -0.05) is 35.3 Å². The summed E-state index contributed by atoms with van der Waals surface area (Å²) in [6, 6.07) is 17.1. The number of hydrazone groups is 1. The van der Waals surface area contributed by atoms with Gasteiger partial charge in [-0.25, -0.2) is 5.43 Å². The summed E-state index contributed by atoms with van der Waals surface area (Å²) in [4.78, 5) is 24.5. The van der Waals surface area contributed by atoms with Crippen LogP contribution in [0, 0.1) is 0 Å². The molecule has 0 radical (unpaired) electrons. The third kappa shape index (κ3) is 7.63. The maximum Gasteiger partial charge on any atom is 0.259 e. The molecule has 0 heterocycles. The lowest BCUT2D eigenvalue weighted by Crippen LogP contribution is -2.34. The molecule has 0 saturated heterocycles. The van der Waals surface area contributed by atoms with E-state index in [1.165, 1.54) is 26.5 Å². The van der Waals surface area contributed by atoms with E-state index in [-0.39, 0.29) is 13.2 Å². The van der Waals surface area contributed by atoms with E-state index in [2.05, 4.69) is 15.8 Å². The lowest BCUT2D eigenvalue weighted by Gasteiger charge is -2.10. The van der Waals surface area contributed by atoms with Gasteiger partial charge < -0.3 is 19.5 Å². The van der Waals surface area contributed by atoms with Crippen molar-refractivity contribution in [3.8, 4) is 17.2 Å². The highest BCUT2D eigenvalue weighted by Gasteiger charge is 2.12. The van der Waals surface area contributed by atoms with Gasteiger partial charge >= 0.3 is 0 Å². The van der Waals surface area contributed by atoms with Gasteiger partial charge in [0.2, 0.25) is 0 Å². The highest BCUT2D eigenvalue weighted by molar-refractivity contribution is 6.31. The Balaban J connectivity index is 1.55. The average molecular weight is 516 g/mol. The SMILES string of the molecule is COc1ccc(C(=O)NCC(=O)N/N=C\c2cc(Cl)ccc2OCc2cccc(Cl)c2)cc1OC. The van der Waals surface area contributed by atoms with Crippen molar-refractivity contribution in [1.29, 1.82) is 0 Å². The van der Waals surface area contributed by atoms with Gasteiger partial charge in [0.05, 0.1) is 27.0 Å². The van der Waals surface area contributed by atoms with Crippen molar-refractivity contribution in [2.24, 2.45) is 5.10 Å². The van der Waals surface area contributed by atoms with Gasteiger partial charge in [-0.2, -0.15) is 5.10 Å². The van der Waals surface area contributed by atoms with Gasteiger partial charge in [0.25, 0.3) is 11.8 Å². The third-order valence-corrected chi connectivity index (χ3v) is 5.17. The number of methoxy groups -OCH3 is 2. The second-order valence-electron chi connectivity index (χ2n) is 7.15. The predicted molar refractivity (Wildman–Crippen MR) is 135 cm³/mol. The van der Waals surface area contributed by atoms with Crippen molar-refractivity contribution in [2.75, 3.05) is 20.8 Å². The van der Waals surface area contributed by atoms with Crippen LogP contribution in [0.2, 0.25) is 10.0 Å². The Kier molecular flexibility index (Phi) is 9.34. The first kappa shape index (κ1) is 25.9. The molecule has 3 rings (SSSR count). The van der Waals surface area contributed by atoms with Crippen LogP contribution < -0.4 is 25.0 Å². The van der Waals surface area contributed by atoms with Gasteiger partial charge in [0.15, 0.2) is 11.5 Å². The van der Waals surface area contributed by atoms with Crippen molar-refractivity contribution in [1.82, 2.24) is 10.7 Å². The van der Waals surface area contributed by atoms with Gasteiger partial charge in [0, 0.05) is 21.2 Å². The first-order chi connectivity index (χ1) is 16.9. The molecule has 0 bridgehead atoms. The van der Waals surface area contributed by atoms with Crippen molar-refractivity contribution in [3.05, 3.63) is 87.4 Å². The quantitative estimate of drug-likeness (QED) is 0.306. The Morgan fingerprint density at radius 2 is 1.66 bits per heavy atom. The number of nitrogens with zero attached hydrogens (tertiary/aromatic N) is 1. The minimum absolute atomic E-state index is 0.280. The normalized spacial score (nSPS) is 10.6. The van der Waals surface area contributed by atoms with Crippen molar-refractivity contribution < 1.29 is 23.8 Å². The third-order valence-electron chi connectivity index (χ3n) is 4.70. The zero-order valence-corrected chi connectivity index (χ0v) is 20.5. The van der Waals surface area contributed by atoms with Gasteiger partial charge in [-0.3, -0.25) is 9.59 Å². The van der Waals surface area contributed by atoms with Crippen molar-refractivity contribution in [2.45, 2.75) is 6.61 Å². The van der Waals surface area contributed by atoms with E-state index in [1.807, 2.05) is 18.2 Å². The molecule has 10 heteroatoms. The molecule has 0 atom stereocenters. The standard InChI is InChI=1S/C25H23Cl2N3O5/c1-33-22-8-6-17(12-23(22)34-2)25(32)28-14-24(31)30-29-13-18-11-20(27)7-9-21(18)35-15-16-4-3-5-19(26)10-16/h3-13H,14-15H2,1-2H3,(H,28,32)(H,30,31)/b29-13-. The molecule has 2 amide bonds. The average Bonchev–Trinajstić information content (AvgIpc) is 2.86. The zero-order valence-electron chi connectivity index (χ0n) is 19.0. The molecule has 0 saturated carbocycles. The van der Waals surface area contributed by atoms with E-state index in [0.29, 0.717) is 38.4 Å². The Hall–Kier alpha value is -3.75. The molecule has 35 heavy (non-hydrogen) atoms. The van der Waals surface area contributed by atoms with E-state index in [1.54, 1.807) is 36.4 Å². The fraction of sp³-hybridized carbons (Fsp3) is 0.160. The first-order valence-electron chi connectivity index (χ1n) is 10.4. The summed E-state index contributed by atoms with van der Waals surface area (Å²) >= 11 is 12.1. The molecular formula is C25H23Cl2N3O5. The van der Waals surface area contributed by atoms with Crippen molar-refractivity contribution in [3.63, 3.8) is 0 Å². The number of amides is 2. The van der Waals surface area contributed by atoms with Crippen LogP contribution in [0.1, 0.15) is 21.5 Å². The van der Waals surface area contributed by atoms with Crippen LogP contribution in [0.3, 0.4) is 0 Å². The van der Waals surface area contributed by atoms with E-state index in [4.69, 9.17) is 37.4 Å². The maximum absolute atomic E-state index is 12.3. The molecule has 3 aromatic carbocycles. The lowest BCUT2D eigenvalue weighted by molar-refractivity contribution is -0.120. The number of benzene rings is 3. The molecule has 0 spiro atoms. The number of hydrogen-bond donors (Lipinski definition) is 2. The summed E-state index contributed by atoms with van der Waals surface area (Å²) in [5, 5.41) is 7.56. The second-order valence-corrected chi connectivity index (χ2v) is 8.02. The van der Waals surface area contributed by atoms with Crippen LogP contribution in [-0.2, 0) is 11.4 Å². The van der Waals surface area contributed by atoms with Gasteiger partial charge in [-0.05, 0) is 54.1 Å². The summed E-state index contributed by atoms with van der Waals surface area (Å²) < 4.78 is 16.2. The monoisotopic (exact) mass is 515 g/mol. The fourth-order valence-corrected chi connectivity index (χ4v) is 3.39. The van der Waals surface area contributed by atoms with E-state index >= 15 is 0 Å². The Morgan fingerprint density at radius 1 is 0.914 bits per heavy atom. The second kappa shape index (κ2) is 12.6. The molecule has 0 aliphatic heterocycles. The molecule has 2 N–H and O–H groups in total. The number of nitrogens with one attached hydrogen (secondary N) is 2. The number of hydrogen-bond acceptors (Lipinski definition) is 6. The van der Waals surface area contributed by atoms with Crippen LogP contribution in [-0.4, -0.2) is 38.8 Å². The lowest BCUT2D eigenvalue weighted by atomic mass is 10.2. The number of carbonyl (C=O) groups excluding carboxylic acids is 2. The summed E-state index contributed by atoms with van der Waals surface area (Å²) in [5.74, 6) is 0.460. The van der Waals surface area contributed by atoms with Crippen LogP contribution in [0.15, 0.2) is 65.8 Å². The molecule has 0 unspecified atom stereocenters. The van der Waals surface area contributed by atoms with Gasteiger partial charge in [0.1, 0.15) is 12.4 Å². The molecule has 0 aromatic heterocycles. The number of rotatable bonds is 10. The fourth-order valence-electron chi connectivity index (χ4n) is 2.99. The zero-order chi connectivity index (χ0) is 25.2. The maximum atomic E-state index is 12.3. The summed E-state index contributed by atoms with van der Waals surface area (Å²) in [5.41, 5.74) is 4.14. The van der Waals surface area contributed by atoms with E-state index < -0.39 is 11.8 Å². The van der Waals surface area contributed by atoms with Crippen LogP contribution in [0.4, 0.5) is 0 Å². The number of halogens is 2. The van der Waals surface area contributed by atoms with Crippen LogP contribution in [0.5, 0.6) is 17.2 Å². The highest BCUT2D eigenvalue weighted by Crippen LogP contribution is 2.27.